The Morgan fingerprint density at radius 2 is 1.76 bits per heavy atom. The van der Waals surface area contributed by atoms with Crippen LogP contribution in [0.3, 0.4) is 0 Å². The van der Waals surface area contributed by atoms with Crippen LogP contribution in [0.25, 0.3) is 0 Å². The number of hydrogen-bond donors (Lipinski definition) is 0. The van der Waals surface area contributed by atoms with Crippen LogP contribution in [0.2, 0.25) is 18.1 Å². The van der Waals surface area contributed by atoms with Crippen molar-refractivity contribution in [3.05, 3.63) is 12.2 Å². The third-order valence-electron chi connectivity index (χ3n) is 11.2. The van der Waals surface area contributed by atoms with E-state index in [-0.39, 0.29) is 27.4 Å². The molecular weight excluding hydrogens is 424 g/mol. The SMILES string of the molecule is CC(C)C(C)(C)[Si](C)(C)OCCC[C@]1(C)C=CC[C@@H]2[C@@]3(C)CCOC(C)(C)O[C@@H]3CC[C@]21C. The molecule has 1 saturated carbocycles. The van der Waals surface area contributed by atoms with Gasteiger partial charge >= 0.3 is 0 Å². The van der Waals surface area contributed by atoms with Crippen LogP contribution in [-0.4, -0.2) is 33.4 Å². The van der Waals surface area contributed by atoms with Crippen molar-refractivity contribution in [3.63, 3.8) is 0 Å². The van der Waals surface area contributed by atoms with Gasteiger partial charge in [0.15, 0.2) is 14.1 Å². The van der Waals surface area contributed by atoms with Crippen molar-refractivity contribution in [1.29, 1.82) is 0 Å². The van der Waals surface area contributed by atoms with Crippen LogP contribution < -0.4 is 0 Å². The normalized spacial score (nSPS) is 39.2. The van der Waals surface area contributed by atoms with Crippen LogP contribution in [0.4, 0.5) is 0 Å². The van der Waals surface area contributed by atoms with Gasteiger partial charge in [0.1, 0.15) is 0 Å². The molecule has 0 unspecified atom stereocenters. The Kier molecular flexibility index (Phi) is 7.52. The zero-order chi connectivity index (χ0) is 24.9. The van der Waals surface area contributed by atoms with Gasteiger partial charge in [0.25, 0.3) is 0 Å². The Labute approximate surface area is 206 Å². The highest BCUT2D eigenvalue weighted by molar-refractivity contribution is 6.74. The molecule has 3 aliphatic rings. The summed E-state index contributed by atoms with van der Waals surface area (Å²) in [6.45, 7) is 27.8. The molecule has 3 rings (SSSR count). The quantitative estimate of drug-likeness (QED) is 0.209. The van der Waals surface area contributed by atoms with Gasteiger partial charge in [-0.15, -0.1) is 0 Å². The smallest absolute Gasteiger partial charge is 0.192 e. The first-order valence-corrected chi connectivity index (χ1v) is 16.6. The fraction of sp³-hybridized carbons (Fsp3) is 0.931. The molecule has 0 radical (unpaired) electrons. The molecule has 2 fully saturated rings. The molecule has 1 aliphatic heterocycles. The largest absolute Gasteiger partial charge is 0.417 e. The second kappa shape index (κ2) is 9.05. The number of ether oxygens (including phenoxy) is 2. The minimum absolute atomic E-state index is 0.166. The molecule has 5 atom stereocenters. The van der Waals surface area contributed by atoms with E-state index in [4.69, 9.17) is 13.9 Å². The highest BCUT2D eigenvalue weighted by Crippen LogP contribution is 2.66. The van der Waals surface area contributed by atoms with Crippen LogP contribution in [0.1, 0.15) is 101 Å². The standard InChI is InChI=1S/C29H54O3Si/c1-22(2)25(3,4)33(10,11)31-20-13-17-27(7)16-12-14-23-28(8)19-21-30-26(5,6)32-24(28)15-18-29(23,27)9/h12,16,22-24H,13-15,17-21H2,1-11H3/t23-,24-,27+,28-,29-/m1/s1. The first kappa shape index (κ1) is 27.4. The lowest BCUT2D eigenvalue weighted by Crippen LogP contribution is -2.58. The van der Waals surface area contributed by atoms with Gasteiger partial charge in [-0.2, -0.15) is 0 Å². The maximum Gasteiger partial charge on any atom is 0.192 e. The first-order chi connectivity index (χ1) is 15.0. The molecule has 0 aromatic heterocycles. The minimum atomic E-state index is -1.76. The summed E-state index contributed by atoms with van der Waals surface area (Å²) < 4.78 is 19.4. The van der Waals surface area contributed by atoms with Crippen LogP contribution in [0.5, 0.6) is 0 Å². The molecule has 192 valence electrons. The van der Waals surface area contributed by atoms with Gasteiger partial charge in [0, 0.05) is 6.61 Å². The van der Waals surface area contributed by atoms with Crippen molar-refractivity contribution in [2.45, 2.75) is 131 Å². The molecule has 33 heavy (non-hydrogen) atoms. The second-order valence-corrected chi connectivity index (χ2v) is 18.6. The van der Waals surface area contributed by atoms with E-state index in [0.717, 1.165) is 32.5 Å². The van der Waals surface area contributed by atoms with Gasteiger partial charge in [-0.05, 0) is 98.6 Å². The van der Waals surface area contributed by atoms with Gasteiger partial charge in [0.2, 0.25) is 0 Å². The number of rotatable bonds is 7. The monoisotopic (exact) mass is 478 g/mol. The fourth-order valence-corrected chi connectivity index (χ4v) is 9.61. The second-order valence-electron chi connectivity index (χ2n) is 14.0. The molecule has 0 spiro atoms. The van der Waals surface area contributed by atoms with Crippen molar-refractivity contribution in [3.8, 4) is 0 Å². The van der Waals surface area contributed by atoms with Gasteiger partial charge in [-0.25, -0.2) is 0 Å². The van der Waals surface area contributed by atoms with Gasteiger partial charge in [-0.3, -0.25) is 0 Å². The minimum Gasteiger partial charge on any atom is -0.417 e. The Balaban J connectivity index is 1.72. The van der Waals surface area contributed by atoms with E-state index in [1.54, 1.807) is 0 Å². The first-order valence-electron chi connectivity index (χ1n) is 13.6. The molecule has 0 N–H and O–H groups in total. The summed E-state index contributed by atoms with van der Waals surface area (Å²) >= 11 is 0. The van der Waals surface area contributed by atoms with Crippen molar-refractivity contribution in [2.75, 3.05) is 13.2 Å². The van der Waals surface area contributed by atoms with Crippen molar-refractivity contribution < 1.29 is 13.9 Å². The maximum atomic E-state index is 6.68. The van der Waals surface area contributed by atoms with Crippen LogP contribution in [-0.2, 0) is 13.9 Å². The lowest BCUT2D eigenvalue weighted by atomic mass is 9.43. The average Bonchev–Trinajstić information content (AvgIpc) is 2.81. The summed E-state index contributed by atoms with van der Waals surface area (Å²) in [6, 6.07) is 0. The van der Waals surface area contributed by atoms with Gasteiger partial charge in [-0.1, -0.05) is 60.6 Å². The summed E-state index contributed by atoms with van der Waals surface area (Å²) in [5.41, 5.74) is 0.656. The zero-order valence-corrected chi connectivity index (χ0v) is 24.8. The van der Waals surface area contributed by atoms with Crippen LogP contribution >= 0.6 is 0 Å². The number of fused-ring (bicyclic) bond motifs is 3. The lowest BCUT2D eigenvalue weighted by Gasteiger charge is -2.63. The third-order valence-corrected chi connectivity index (χ3v) is 15.8. The van der Waals surface area contributed by atoms with Gasteiger partial charge in [0.05, 0.1) is 12.7 Å². The van der Waals surface area contributed by atoms with E-state index >= 15 is 0 Å². The van der Waals surface area contributed by atoms with E-state index < -0.39 is 14.1 Å². The summed E-state index contributed by atoms with van der Waals surface area (Å²) in [5.74, 6) is 0.800. The Bertz CT molecular complexity index is 726. The molecule has 3 nitrogen and oxygen atoms in total. The Hall–Kier alpha value is -0.163. The highest BCUT2D eigenvalue weighted by atomic mass is 28.4. The molecule has 1 saturated heterocycles. The van der Waals surface area contributed by atoms with Crippen LogP contribution in [0, 0.1) is 28.1 Å². The van der Waals surface area contributed by atoms with Gasteiger partial charge < -0.3 is 13.9 Å². The molecule has 2 aliphatic carbocycles. The van der Waals surface area contributed by atoms with E-state index in [0.29, 0.717) is 11.8 Å². The van der Waals surface area contributed by atoms with Crippen LogP contribution in [0.15, 0.2) is 12.2 Å². The van der Waals surface area contributed by atoms with Crippen molar-refractivity contribution in [2.24, 2.45) is 28.1 Å². The molecule has 1 heterocycles. The summed E-state index contributed by atoms with van der Waals surface area (Å²) in [7, 11) is -1.76. The molecule has 4 heteroatoms. The summed E-state index contributed by atoms with van der Waals surface area (Å²) in [4.78, 5) is 0. The van der Waals surface area contributed by atoms with Crippen molar-refractivity contribution >= 4 is 8.32 Å². The molecule has 0 aromatic carbocycles. The Morgan fingerprint density at radius 1 is 1.09 bits per heavy atom. The molecule has 0 aromatic rings. The van der Waals surface area contributed by atoms with E-state index in [2.05, 4.69) is 87.6 Å². The van der Waals surface area contributed by atoms with E-state index in [9.17, 15) is 0 Å². The van der Waals surface area contributed by atoms with Crippen molar-refractivity contribution in [1.82, 2.24) is 0 Å². The maximum absolute atomic E-state index is 6.68. The Morgan fingerprint density at radius 3 is 2.39 bits per heavy atom. The average molecular weight is 479 g/mol. The molecule has 0 bridgehead atoms. The highest BCUT2D eigenvalue weighted by Gasteiger charge is 2.61. The van der Waals surface area contributed by atoms with E-state index in [1.807, 2.05) is 0 Å². The zero-order valence-electron chi connectivity index (χ0n) is 23.8. The predicted molar refractivity (Wildman–Crippen MR) is 142 cm³/mol. The molecule has 0 amide bonds. The number of hydrogen-bond acceptors (Lipinski definition) is 3. The summed E-state index contributed by atoms with van der Waals surface area (Å²) in [6.07, 6.45) is 12.3. The topological polar surface area (TPSA) is 27.7 Å². The number of allylic oxidation sites excluding steroid dienone is 2. The predicted octanol–water partition coefficient (Wildman–Crippen LogP) is 8.35. The summed E-state index contributed by atoms with van der Waals surface area (Å²) in [5, 5.41) is 0.279. The fourth-order valence-electron chi connectivity index (χ4n) is 7.19. The van der Waals surface area contributed by atoms with E-state index in [1.165, 1.54) is 19.3 Å². The lowest BCUT2D eigenvalue weighted by molar-refractivity contribution is -0.253. The third kappa shape index (κ3) is 4.80. The molecular formula is C29H54O3Si.